The van der Waals surface area contributed by atoms with Gasteiger partial charge >= 0.3 is 0 Å². The lowest BCUT2D eigenvalue weighted by molar-refractivity contribution is -0.119. The number of anilines is 1. The highest BCUT2D eigenvalue weighted by atomic mass is 35.5. The van der Waals surface area contributed by atoms with Crippen molar-refractivity contribution in [3.8, 4) is 0 Å². The molecule has 1 aromatic carbocycles. The van der Waals surface area contributed by atoms with E-state index in [1.54, 1.807) is 11.0 Å². The Balaban J connectivity index is 0.00000144. The maximum atomic E-state index is 12.0. The van der Waals surface area contributed by atoms with Gasteiger partial charge < -0.3 is 15.4 Å². The molecule has 3 rings (SSSR count). The first-order valence-electron chi connectivity index (χ1n) is 7.33. The molecule has 2 aromatic rings. The molecule has 0 spiro atoms. The number of hydrogen-bond donors (Lipinski definition) is 2. The van der Waals surface area contributed by atoms with Gasteiger partial charge in [-0.2, -0.15) is 5.10 Å². The van der Waals surface area contributed by atoms with Crippen molar-refractivity contribution >= 4 is 36.4 Å². The number of rotatable bonds is 5. The van der Waals surface area contributed by atoms with E-state index in [4.69, 9.17) is 4.74 Å². The lowest BCUT2D eigenvalue weighted by Gasteiger charge is -2.23. The van der Waals surface area contributed by atoms with E-state index in [-0.39, 0.29) is 36.8 Å². The Hall–Kier alpha value is -1.67. The van der Waals surface area contributed by atoms with Gasteiger partial charge in [0, 0.05) is 18.8 Å². The summed E-state index contributed by atoms with van der Waals surface area (Å²) in [5.41, 5.74) is 1.89. The molecular formula is C15H21Cl2N5O2. The van der Waals surface area contributed by atoms with E-state index in [1.165, 1.54) is 6.33 Å². The van der Waals surface area contributed by atoms with Crippen LogP contribution in [0, 0.1) is 0 Å². The van der Waals surface area contributed by atoms with Crippen molar-refractivity contribution in [1.29, 1.82) is 0 Å². The van der Waals surface area contributed by atoms with Crippen molar-refractivity contribution in [3.05, 3.63) is 42.5 Å². The molecule has 0 radical (unpaired) electrons. The Morgan fingerprint density at radius 3 is 2.75 bits per heavy atom. The number of carbonyl (C=O) groups is 1. The summed E-state index contributed by atoms with van der Waals surface area (Å²) >= 11 is 0. The largest absolute Gasteiger partial charge is 0.375 e. The summed E-state index contributed by atoms with van der Waals surface area (Å²) in [7, 11) is 0. The molecule has 0 saturated carbocycles. The van der Waals surface area contributed by atoms with Crippen LogP contribution in [0.1, 0.15) is 12.0 Å². The Morgan fingerprint density at radius 1 is 1.33 bits per heavy atom. The Labute approximate surface area is 153 Å². The monoisotopic (exact) mass is 373 g/mol. The Kier molecular flexibility index (Phi) is 8.70. The standard InChI is InChI=1S/C15H19N5O2.2ClH/c21-15(7-14-8-16-5-6-22-14)19-13-3-1-12(2-4-13)9-20-11-17-10-18-20;;/h1-4,10-11,14,16H,5-9H2,(H,19,21);2*1H. The van der Waals surface area contributed by atoms with Gasteiger partial charge in [0.15, 0.2) is 0 Å². The average Bonchev–Trinajstić information content (AvgIpc) is 3.03. The molecule has 2 N–H and O–H groups in total. The van der Waals surface area contributed by atoms with E-state index in [2.05, 4.69) is 20.7 Å². The fourth-order valence-electron chi connectivity index (χ4n) is 2.36. The fourth-order valence-corrected chi connectivity index (χ4v) is 2.36. The van der Waals surface area contributed by atoms with Gasteiger partial charge in [-0.05, 0) is 17.7 Å². The van der Waals surface area contributed by atoms with Crippen LogP contribution in [0.2, 0.25) is 0 Å². The molecule has 24 heavy (non-hydrogen) atoms. The molecule has 9 heteroatoms. The van der Waals surface area contributed by atoms with Gasteiger partial charge in [-0.3, -0.25) is 4.79 Å². The van der Waals surface area contributed by atoms with E-state index < -0.39 is 0 Å². The first kappa shape index (κ1) is 20.4. The third-order valence-electron chi connectivity index (χ3n) is 3.47. The van der Waals surface area contributed by atoms with Crippen LogP contribution in [0.15, 0.2) is 36.9 Å². The van der Waals surface area contributed by atoms with Crippen LogP contribution >= 0.6 is 24.8 Å². The number of hydrogen-bond acceptors (Lipinski definition) is 5. The van der Waals surface area contributed by atoms with Gasteiger partial charge in [0.2, 0.25) is 5.91 Å². The lowest BCUT2D eigenvalue weighted by atomic mass is 10.2. The molecule has 1 unspecified atom stereocenters. The molecule has 0 aliphatic carbocycles. The van der Waals surface area contributed by atoms with Crippen LogP contribution in [0.4, 0.5) is 5.69 Å². The predicted molar refractivity (Wildman–Crippen MR) is 95.9 cm³/mol. The lowest BCUT2D eigenvalue weighted by Crippen LogP contribution is -2.40. The maximum Gasteiger partial charge on any atom is 0.227 e. The van der Waals surface area contributed by atoms with Gasteiger partial charge in [-0.1, -0.05) is 12.1 Å². The van der Waals surface area contributed by atoms with Crippen LogP contribution in [0.5, 0.6) is 0 Å². The second kappa shape index (κ2) is 10.2. The van der Waals surface area contributed by atoms with Gasteiger partial charge in [0.05, 0.1) is 25.7 Å². The number of amides is 1. The summed E-state index contributed by atoms with van der Waals surface area (Å²) in [6.07, 6.45) is 3.51. The summed E-state index contributed by atoms with van der Waals surface area (Å²) in [6.45, 7) is 2.90. The van der Waals surface area contributed by atoms with E-state index in [9.17, 15) is 4.79 Å². The zero-order chi connectivity index (χ0) is 15.2. The van der Waals surface area contributed by atoms with Crippen molar-refractivity contribution < 1.29 is 9.53 Å². The molecule has 1 saturated heterocycles. The Morgan fingerprint density at radius 2 is 2.12 bits per heavy atom. The number of halogens is 2. The first-order chi connectivity index (χ1) is 10.8. The third-order valence-corrected chi connectivity index (χ3v) is 3.47. The number of nitrogens with one attached hydrogen (secondary N) is 2. The van der Waals surface area contributed by atoms with Crippen molar-refractivity contribution in [2.45, 2.75) is 19.1 Å². The smallest absolute Gasteiger partial charge is 0.227 e. The molecule has 0 bridgehead atoms. The second-order valence-electron chi connectivity index (χ2n) is 5.24. The molecular weight excluding hydrogens is 353 g/mol. The van der Waals surface area contributed by atoms with Crippen LogP contribution in [-0.4, -0.2) is 46.5 Å². The van der Waals surface area contributed by atoms with Crippen molar-refractivity contribution in [2.75, 3.05) is 25.0 Å². The van der Waals surface area contributed by atoms with Crippen LogP contribution in [0.25, 0.3) is 0 Å². The summed E-state index contributed by atoms with van der Waals surface area (Å²) < 4.78 is 7.28. The van der Waals surface area contributed by atoms with E-state index >= 15 is 0 Å². The van der Waals surface area contributed by atoms with Crippen LogP contribution < -0.4 is 10.6 Å². The quantitative estimate of drug-likeness (QED) is 0.829. The number of morpholine rings is 1. The summed E-state index contributed by atoms with van der Waals surface area (Å²) in [5.74, 6) is -0.0299. The number of ether oxygens (including phenoxy) is 1. The molecule has 1 aliphatic rings. The van der Waals surface area contributed by atoms with Gasteiger partial charge in [-0.15, -0.1) is 24.8 Å². The minimum Gasteiger partial charge on any atom is -0.375 e. The highest BCUT2D eigenvalue weighted by molar-refractivity contribution is 5.91. The molecule has 1 fully saturated rings. The highest BCUT2D eigenvalue weighted by Crippen LogP contribution is 2.12. The predicted octanol–water partition coefficient (Wildman–Crippen LogP) is 1.49. The fraction of sp³-hybridized carbons (Fsp3) is 0.400. The molecule has 1 aromatic heterocycles. The van der Waals surface area contributed by atoms with E-state index in [0.717, 1.165) is 24.3 Å². The molecule has 7 nitrogen and oxygen atoms in total. The van der Waals surface area contributed by atoms with E-state index in [0.29, 0.717) is 19.6 Å². The molecule has 2 heterocycles. The first-order valence-corrected chi connectivity index (χ1v) is 7.33. The normalized spacial score (nSPS) is 16.6. The molecule has 1 amide bonds. The topological polar surface area (TPSA) is 81.1 Å². The molecule has 1 atom stereocenters. The summed E-state index contributed by atoms with van der Waals surface area (Å²) in [5, 5.41) is 10.2. The minimum atomic E-state index is -0.0414. The average molecular weight is 374 g/mol. The number of nitrogens with zero attached hydrogens (tertiary/aromatic N) is 3. The van der Waals surface area contributed by atoms with Crippen LogP contribution in [-0.2, 0) is 16.1 Å². The molecule has 132 valence electrons. The highest BCUT2D eigenvalue weighted by Gasteiger charge is 2.17. The number of carbonyl (C=O) groups excluding carboxylic acids is 1. The van der Waals surface area contributed by atoms with Gasteiger partial charge in [0.1, 0.15) is 12.7 Å². The maximum absolute atomic E-state index is 12.0. The third kappa shape index (κ3) is 6.09. The minimum absolute atomic E-state index is 0. The number of benzene rings is 1. The van der Waals surface area contributed by atoms with Crippen molar-refractivity contribution in [2.24, 2.45) is 0 Å². The molecule has 1 aliphatic heterocycles. The van der Waals surface area contributed by atoms with Crippen molar-refractivity contribution in [3.63, 3.8) is 0 Å². The zero-order valence-electron chi connectivity index (χ0n) is 13.1. The Bertz CT molecular complexity index is 601. The van der Waals surface area contributed by atoms with E-state index in [1.807, 2.05) is 24.3 Å². The van der Waals surface area contributed by atoms with Gasteiger partial charge in [0.25, 0.3) is 0 Å². The van der Waals surface area contributed by atoms with Crippen LogP contribution in [0.3, 0.4) is 0 Å². The number of aromatic nitrogens is 3. The SMILES string of the molecule is Cl.Cl.O=C(CC1CNCCO1)Nc1ccc(Cn2cncn2)cc1. The van der Waals surface area contributed by atoms with Crippen molar-refractivity contribution in [1.82, 2.24) is 20.1 Å². The summed E-state index contributed by atoms with van der Waals surface area (Å²) in [4.78, 5) is 15.9. The zero-order valence-corrected chi connectivity index (χ0v) is 14.7. The summed E-state index contributed by atoms with van der Waals surface area (Å²) in [6, 6.07) is 7.72. The second-order valence-corrected chi connectivity index (χ2v) is 5.24. The van der Waals surface area contributed by atoms with Gasteiger partial charge in [-0.25, -0.2) is 9.67 Å².